The highest BCUT2D eigenvalue weighted by Gasteiger charge is 2.33. The van der Waals surface area contributed by atoms with Gasteiger partial charge in [0, 0.05) is 6.42 Å². The maximum absolute atomic E-state index is 13.9. The number of benzene rings is 5. The number of sulfone groups is 1. The molecule has 0 spiro atoms. The molecule has 1 aliphatic rings. The highest BCUT2D eigenvalue weighted by Crippen LogP contribution is 2.42. The first-order valence-corrected chi connectivity index (χ1v) is 14.2. The van der Waals surface area contributed by atoms with E-state index in [0.717, 1.165) is 39.2 Å². The smallest absolute Gasteiger partial charge is 0.210 e. The standard InChI is InChI=1S/C33H24N2O2S/c1-2-32-34-28-14-9-15-30-33(28)35(32)29-17-16-24(21-31(29)38(30,36)37)27-19-25(22-10-5-3-6-11-22)18-26(20-27)23-12-7-4-8-13-23/h3-21H,2H2,1H3. The predicted molar refractivity (Wildman–Crippen MR) is 152 cm³/mol. The van der Waals surface area contributed by atoms with Gasteiger partial charge in [-0.1, -0.05) is 79.7 Å². The normalized spacial score (nSPS) is 13.4. The molecular formula is C33H24N2O2S. The van der Waals surface area contributed by atoms with Gasteiger partial charge in [-0.15, -0.1) is 0 Å². The van der Waals surface area contributed by atoms with Gasteiger partial charge in [-0.25, -0.2) is 13.4 Å². The molecule has 7 rings (SSSR count). The molecule has 5 aromatic carbocycles. The summed E-state index contributed by atoms with van der Waals surface area (Å²) < 4.78 is 29.8. The van der Waals surface area contributed by atoms with Crippen molar-refractivity contribution in [1.82, 2.24) is 9.55 Å². The molecule has 0 saturated heterocycles. The van der Waals surface area contributed by atoms with Crippen LogP contribution in [-0.2, 0) is 16.3 Å². The van der Waals surface area contributed by atoms with E-state index in [1.807, 2.05) is 72.2 Å². The van der Waals surface area contributed by atoms with Crippen molar-refractivity contribution in [2.45, 2.75) is 23.1 Å². The molecule has 0 unspecified atom stereocenters. The van der Waals surface area contributed by atoms with Crippen LogP contribution in [0, 0.1) is 0 Å². The summed E-state index contributed by atoms with van der Waals surface area (Å²) >= 11 is 0. The molecule has 4 nitrogen and oxygen atoms in total. The molecule has 1 aromatic heterocycles. The zero-order chi connectivity index (χ0) is 25.9. The van der Waals surface area contributed by atoms with E-state index in [2.05, 4.69) is 42.5 Å². The first-order chi connectivity index (χ1) is 18.5. The van der Waals surface area contributed by atoms with Crippen molar-refractivity contribution in [1.29, 1.82) is 0 Å². The molecule has 184 valence electrons. The van der Waals surface area contributed by atoms with E-state index >= 15 is 0 Å². The van der Waals surface area contributed by atoms with Crippen LogP contribution >= 0.6 is 0 Å². The number of hydrogen-bond donors (Lipinski definition) is 0. The van der Waals surface area contributed by atoms with E-state index in [0.29, 0.717) is 32.9 Å². The number of nitrogens with zero attached hydrogens (tertiary/aromatic N) is 2. The Hall–Kier alpha value is -4.48. The third-order valence-corrected chi connectivity index (χ3v) is 9.10. The lowest BCUT2D eigenvalue weighted by atomic mass is 9.93. The number of aromatic nitrogens is 2. The summed E-state index contributed by atoms with van der Waals surface area (Å²) in [6.07, 6.45) is 0.703. The summed E-state index contributed by atoms with van der Waals surface area (Å²) in [6, 6.07) is 38.1. The summed E-state index contributed by atoms with van der Waals surface area (Å²) in [5.41, 5.74) is 8.25. The molecule has 0 radical (unpaired) electrons. The number of hydrogen-bond acceptors (Lipinski definition) is 3. The quantitative estimate of drug-likeness (QED) is 0.242. The zero-order valence-corrected chi connectivity index (χ0v) is 21.6. The second-order valence-electron chi connectivity index (χ2n) is 9.56. The van der Waals surface area contributed by atoms with Crippen molar-refractivity contribution in [2.24, 2.45) is 0 Å². The van der Waals surface area contributed by atoms with Crippen LogP contribution in [0.15, 0.2) is 125 Å². The van der Waals surface area contributed by atoms with Crippen molar-refractivity contribution in [2.75, 3.05) is 0 Å². The van der Waals surface area contributed by atoms with Gasteiger partial charge in [0.15, 0.2) is 0 Å². The molecule has 38 heavy (non-hydrogen) atoms. The Morgan fingerprint density at radius 1 is 0.605 bits per heavy atom. The van der Waals surface area contributed by atoms with Gasteiger partial charge in [0.1, 0.15) is 5.82 Å². The van der Waals surface area contributed by atoms with Gasteiger partial charge in [0.2, 0.25) is 9.84 Å². The lowest BCUT2D eigenvalue weighted by molar-refractivity contribution is 0.594. The molecule has 5 heteroatoms. The molecule has 0 fully saturated rings. The van der Waals surface area contributed by atoms with E-state index in [9.17, 15) is 8.42 Å². The van der Waals surface area contributed by atoms with E-state index in [1.54, 1.807) is 12.1 Å². The molecular weight excluding hydrogens is 488 g/mol. The third-order valence-electron chi connectivity index (χ3n) is 7.29. The topological polar surface area (TPSA) is 52.0 Å². The van der Waals surface area contributed by atoms with E-state index in [4.69, 9.17) is 4.98 Å². The van der Waals surface area contributed by atoms with Crippen LogP contribution in [0.5, 0.6) is 0 Å². The van der Waals surface area contributed by atoms with E-state index < -0.39 is 9.84 Å². The molecule has 0 saturated carbocycles. The van der Waals surface area contributed by atoms with Crippen LogP contribution in [0.2, 0.25) is 0 Å². The number of para-hydroxylation sites is 1. The van der Waals surface area contributed by atoms with Crippen LogP contribution in [0.4, 0.5) is 0 Å². The van der Waals surface area contributed by atoms with Crippen molar-refractivity contribution < 1.29 is 8.42 Å². The minimum atomic E-state index is -3.72. The molecule has 2 heterocycles. The minimum Gasteiger partial charge on any atom is -0.294 e. The van der Waals surface area contributed by atoms with Crippen molar-refractivity contribution in [3.8, 4) is 39.1 Å². The van der Waals surface area contributed by atoms with Gasteiger partial charge in [-0.3, -0.25) is 4.57 Å². The lowest BCUT2D eigenvalue weighted by Crippen LogP contribution is -2.16. The van der Waals surface area contributed by atoms with Crippen LogP contribution in [0.25, 0.3) is 50.1 Å². The second kappa shape index (κ2) is 8.54. The van der Waals surface area contributed by atoms with E-state index in [-0.39, 0.29) is 0 Å². The van der Waals surface area contributed by atoms with Gasteiger partial charge in [0.25, 0.3) is 0 Å². The third kappa shape index (κ3) is 3.43. The minimum absolute atomic E-state index is 0.314. The highest BCUT2D eigenvalue weighted by molar-refractivity contribution is 7.92. The number of rotatable bonds is 4. The summed E-state index contributed by atoms with van der Waals surface area (Å²) in [4.78, 5) is 5.37. The van der Waals surface area contributed by atoms with Crippen molar-refractivity contribution in [3.05, 3.63) is 121 Å². The van der Waals surface area contributed by atoms with Gasteiger partial charge in [0.05, 0.1) is 26.5 Å². The summed E-state index contributed by atoms with van der Waals surface area (Å²) in [6.45, 7) is 2.04. The second-order valence-corrected chi connectivity index (χ2v) is 11.4. The molecule has 0 aliphatic carbocycles. The molecule has 0 atom stereocenters. The average Bonchev–Trinajstić information content (AvgIpc) is 3.36. The maximum Gasteiger partial charge on any atom is 0.210 e. The van der Waals surface area contributed by atoms with Crippen LogP contribution < -0.4 is 0 Å². The summed E-state index contributed by atoms with van der Waals surface area (Å²) in [5, 5.41) is 0. The zero-order valence-electron chi connectivity index (χ0n) is 20.8. The lowest BCUT2D eigenvalue weighted by Gasteiger charge is -2.22. The van der Waals surface area contributed by atoms with Gasteiger partial charge in [-0.05, 0) is 75.8 Å². The number of aryl methyl sites for hydroxylation is 1. The predicted octanol–water partition coefficient (Wildman–Crippen LogP) is 7.74. The summed E-state index contributed by atoms with van der Waals surface area (Å²) in [5.74, 6) is 0.855. The van der Waals surface area contributed by atoms with Gasteiger partial charge >= 0.3 is 0 Å². The van der Waals surface area contributed by atoms with Gasteiger partial charge in [-0.2, -0.15) is 0 Å². The Balaban J connectivity index is 1.47. The van der Waals surface area contributed by atoms with Gasteiger partial charge < -0.3 is 0 Å². The monoisotopic (exact) mass is 512 g/mol. The summed E-state index contributed by atoms with van der Waals surface area (Å²) in [7, 11) is -3.72. The fourth-order valence-electron chi connectivity index (χ4n) is 5.46. The Labute approximate surface area is 221 Å². The van der Waals surface area contributed by atoms with Crippen molar-refractivity contribution >= 4 is 20.9 Å². The number of fused-ring (bicyclic) bond motifs is 2. The van der Waals surface area contributed by atoms with Crippen LogP contribution in [0.1, 0.15) is 12.7 Å². The Morgan fingerprint density at radius 3 is 1.82 bits per heavy atom. The largest absolute Gasteiger partial charge is 0.294 e. The molecule has 0 bridgehead atoms. The van der Waals surface area contributed by atoms with E-state index in [1.165, 1.54) is 0 Å². The number of imidazole rings is 1. The maximum atomic E-state index is 13.9. The molecule has 6 aromatic rings. The van der Waals surface area contributed by atoms with Crippen LogP contribution in [-0.4, -0.2) is 18.0 Å². The SMILES string of the molecule is CCc1nc2cccc3c2n1-c1ccc(-c2cc(-c4ccccc4)cc(-c4ccccc4)c2)cc1S3(=O)=O. The molecule has 0 amide bonds. The fraction of sp³-hybridized carbons (Fsp3) is 0.0606. The highest BCUT2D eigenvalue weighted by atomic mass is 32.2. The first kappa shape index (κ1) is 22.7. The average molecular weight is 513 g/mol. The molecule has 0 N–H and O–H groups in total. The molecule has 1 aliphatic heterocycles. The Kier molecular flexibility index (Phi) is 5.10. The van der Waals surface area contributed by atoms with Crippen LogP contribution in [0.3, 0.4) is 0 Å². The Bertz CT molecular complexity index is 1900. The first-order valence-electron chi connectivity index (χ1n) is 12.7. The fourth-order valence-corrected chi connectivity index (χ4v) is 7.12. The van der Waals surface area contributed by atoms with Crippen molar-refractivity contribution in [3.63, 3.8) is 0 Å². The Morgan fingerprint density at radius 2 is 1.21 bits per heavy atom.